The van der Waals surface area contributed by atoms with Crippen molar-refractivity contribution in [2.45, 2.75) is 45.1 Å². The number of amides is 1. The first-order valence-electron chi connectivity index (χ1n) is 6.26. The standard InChI is InChI=1S/C12H24N2O2/c1-3-9-16-10-4-11(15)14-12(2)5-7-13-8-6-12/h13H,3-10H2,1-2H3,(H,14,15). The summed E-state index contributed by atoms with van der Waals surface area (Å²) in [7, 11) is 0. The second-order valence-corrected chi connectivity index (χ2v) is 4.72. The maximum atomic E-state index is 11.7. The lowest BCUT2D eigenvalue weighted by Gasteiger charge is -2.35. The number of rotatable bonds is 6. The van der Waals surface area contributed by atoms with Crippen LogP contribution in [0.15, 0.2) is 0 Å². The van der Waals surface area contributed by atoms with Crippen LogP contribution < -0.4 is 10.6 Å². The van der Waals surface area contributed by atoms with Crippen molar-refractivity contribution in [3.8, 4) is 0 Å². The quantitative estimate of drug-likeness (QED) is 0.668. The summed E-state index contributed by atoms with van der Waals surface area (Å²) in [6, 6.07) is 0. The maximum absolute atomic E-state index is 11.7. The van der Waals surface area contributed by atoms with Crippen LogP contribution in [0.4, 0.5) is 0 Å². The fraction of sp³-hybridized carbons (Fsp3) is 0.917. The molecule has 1 rings (SSSR count). The molecule has 0 atom stereocenters. The number of hydrogen-bond donors (Lipinski definition) is 2. The summed E-state index contributed by atoms with van der Waals surface area (Å²) in [5, 5.41) is 6.41. The second-order valence-electron chi connectivity index (χ2n) is 4.72. The first kappa shape index (κ1) is 13.5. The molecule has 16 heavy (non-hydrogen) atoms. The van der Waals surface area contributed by atoms with Crippen molar-refractivity contribution in [1.82, 2.24) is 10.6 Å². The van der Waals surface area contributed by atoms with E-state index in [0.29, 0.717) is 13.0 Å². The number of carbonyl (C=O) groups excluding carboxylic acids is 1. The van der Waals surface area contributed by atoms with Crippen LogP contribution in [-0.4, -0.2) is 37.7 Å². The number of nitrogens with one attached hydrogen (secondary N) is 2. The highest BCUT2D eigenvalue weighted by molar-refractivity contribution is 5.76. The average molecular weight is 228 g/mol. The van der Waals surface area contributed by atoms with E-state index in [1.165, 1.54) is 0 Å². The smallest absolute Gasteiger partial charge is 0.222 e. The molecule has 0 aromatic carbocycles. The Hall–Kier alpha value is -0.610. The summed E-state index contributed by atoms with van der Waals surface area (Å²) in [5.74, 6) is 0.112. The van der Waals surface area contributed by atoms with Gasteiger partial charge >= 0.3 is 0 Å². The molecule has 94 valence electrons. The van der Waals surface area contributed by atoms with Crippen LogP contribution in [0.3, 0.4) is 0 Å². The molecule has 1 aliphatic rings. The Kier molecular flexibility index (Phi) is 5.77. The van der Waals surface area contributed by atoms with Gasteiger partial charge in [0, 0.05) is 18.6 Å². The van der Waals surface area contributed by atoms with Crippen LogP contribution in [0.25, 0.3) is 0 Å². The van der Waals surface area contributed by atoms with Gasteiger partial charge in [0.2, 0.25) is 5.91 Å². The lowest BCUT2D eigenvalue weighted by Crippen LogP contribution is -2.52. The van der Waals surface area contributed by atoms with Crippen molar-refractivity contribution < 1.29 is 9.53 Å². The third kappa shape index (κ3) is 4.94. The molecule has 0 radical (unpaired) electrons. The normalized spacial score (nSPS) is 19.4. The fourth-order valence-electron chi connectivity index (χ4n) is 1.91. The predicted octanol–water partition coefficient (Wildman–Crippen LogP) is 1.06. The maximum Gasteiger partial charge on any atom is 0.222 e. The van der Waals surface area contributed by atoms with E-state index in [1.54, 1.807) is 0 Å². The Balaban J connectivity index is 2.17. The van der Waals surface area contributed by atoms with Gasteiger partial charge in [-0.1, -0.05) is 6.92 Å². The summed E-state index contributed by atoms with van der Waals surface area (Å²) in [6.07, 6.45) is 3.50. The van der Waals surface area contributed by atoms with Gasteiger partial charge in [-0.05, 0) is 39.3 Å². The fourth-order valence-corrected chi connectivity index (χ4v) is 1.91. The average Bonchev–Trinajstić information content (AvgIpc) is 2.25. The lowest BCUT2D eigenvalue weighted by atomic mass is 9.90. The SMILES string of the molecule is CCCOCCC(=O)NC1(C)CCNCC1. The molecule has 0 unspecified atom stereocenters. The molecule has 1 saturated heterocycles. The molecule has 0 aromatic rings. The molecule has 2 N–H and O–H groups in total. The van der Waals surface area contributed by atoms with E-state index < -0.39 is 0 Å². The van der Waals surface area contributed by atoms with Crippen LogP contribution >= 0.6 is 0 Å². The molecule has 0 spiro atoms. The molecule has 1 amide bonds. The van der Waals surface area contributed by atoms with E-state index in [4.69, 9.17) is 4.74 Å². The van der Waals surface area contributed by atoms with Gasteiger partial charge in [0.15, 0.2) is 0 Å². The molecule has 4 heteroatoms. The molecule has 1 heterocycles. The predicted molar refractivity (Wildman–Crippen MR) is 64.4 cm³/mol. The van der Waals surface area contributed by atoms with E-state index in [1.807, 2.05) is 0 Å². The molecular weight excluding hydrogens is 204 g/mol. The van der Waals surface area contributed by atoms with Gasteiger partial charge < -0.3 is 15.4 Å². The Labute approximate surface area is 98.1 Å². The zero-order valence-corrected chi connectivity index (χ0v) is 10.5. The molecular formula is C12H24N2O2. The van der Waals surface area contributed by atoms with E-state index in [2.05, 4.69) is 24.5 Å². The number of ether oxygens (including phenoxy) is 1. The van der Waals surface area contributed by atoms with Gasteiger partial charge in [-0.2, -0.15) is 0 Å². The van der Waals surface area contributed by atoms with Crippen molar-refractivity contribution in [3.63, 3.8) is 0 Å². The Bertz CT molecular complexity index is 213. The highest BCUT2D eigenvalue weighted by atomic mass is 16.5. The third-order valence-corrected chi connectivity index (χ3v) is 2.97. The van der Waals surface area contributed by atoms with Gasteiger partial charge in [0.1, 0.15) is 0 Å². The Morgan fingerprint density at radius 2 is 2.06 bits per heavy atom. The minimum Gasteiger partial charge on any atom is -0.381 e. The molecule has 0 saturated carbocycles. The third-order valence-electron chi connectivity index (χ3n) is 2.97. The van der Waals surface area contributed by atoms with Crippen LogP contribution in [0.5, 0.6) is 0 Å². The van der Waals surface area contributed by atoms with Crippen molar-refractivity contribution in [2.24, 2.45) is 0 Å². The van der Waals surface area contributed by atoms with Crippen molar-refractivity contribution in [1.29, 1.82) is 0 Å². The first-order valence-corrected chi connectivity index (χ1v) is 6.26. The first-order chi connectivity index (χ1) is 7.66. The zero-order valence-electron chi connectivity index (χ0n) is 10.5. The minimum atomic E-state index is -0.0207. The monoisotopic (exact) mass is 228 g/mol. The summed E-state index contributed by atoms with van der Waals surface area (Å²) in [4.78, 5) is 11.7. The van der Waals surface area contributed by atoms with Crippen LogP contribution in [-0.2, 0) is 9.53 Å². The number of carbonyl (C=O) groups is 1. The highest BCUT2D eigenvalue weighted by Gasteiger charge is 2.27. The van der Waals surface area contributed by atoms with Crippen molar-refractivity contribution in [2.75, 3.05) is 26.3 Å². The Morgan fingerprint density at radius 1 is 1.38 bits per heavy atom. The van der Waals surface area contributed by atoms with E-state index in [9.17, 15) is 4.79 Å². The van der Waals surface area contributed by atoms with Crippen LogP contribution in [0, 0.1) is 0 Å². The van der Waals surface area contributed by atoms with E-state index in [0.717, 1.165) is 39.0 Å². The van der Waals surface area contributed by atoms with Gasteiger partial charge in [-0.15, -0.1) is 0 Å². The van der Waals surface area contributed by atoms with Gasteiger partial charge in [-0.25, -0.2) is 0 Å². The lowest BCUT2D eigenvalue weighted by molar-refractivity contribution is -0.124. The largest absolute Gasteiger partial charge is 0.381 e. The summed E-state index contributed by atoms with van der Waals surface area (Å²) in [5.41, 5.74) is -0.0207. The highest BCUT2D eigenvalue weighted by Crippen LogP contribution is 2.16. The topological polar surface area (TPSA) is 50.4 Å². The molecule has 1 fully saturated rings. The summed E-state index contributed by atoms with van der Waals surface area (Å²) >= 11 is 0. The van der Waals surface area contributed by atoms with E-state index >= 15 is 0 Å². The molecule has 4 nitrogen and oxygen atoms in total. The van der Waals surface area contributed by atoms with E-state index in [-0.39, 0.29) is 11.4 Å². The zero-order chi connectivity index (χ0) is 11.9. The molecule has 0 aliphatic carbocycles. The van der Waals surface area contributed by atoms with Crippen LogP contribution in [0.1, 0.15) is 39.5 Å². The number of hydrogen-bond acceptors (Lipinski definition) is 3. The number of piperidine rings is 1. The Morgan fingerprint density at radius 3 is 2.69 bits per heavy atom. The minimum absolute atomic E-state index is 0.0207. The van der Waals surface area contributed by atoms with Crippen LogP contribution in [0.2, 0.25) is 0 Å². The van der Waals surface area contributed by atoms with Gasteiger partial charge in [-0.3, -0.25) is 4.79 Å². The second kappa shape index (κ2) is 6.86. The van der Waals surface area contributed by atoms with Crippen molar-refractivity contribution in [3.05, 3.63) is 0 Å². The summed E-state index contributed by atoms with van der Waals surface area (Å²) in [6.45, 7) is 7.45. The van der Waals surface area contributed by atoms with Gasteiger partial charge in [0.05, 0.1) is 6.61 Å². The molecule has 0 bridgehead atoms. The van der Waals surface area contributed by atoms with Gasteiger partial charge in [0.25, 0.3) is 0 Å². The summed E-state index contributed by atoms with van der Waals surface area (Å²) < 4.78 is 5.30. The van der Waals surface area contributed by atoms with Crippen molar-refractivity contribution >= 4 is 5.91 Å². The molecule has 0 aromatic heterocycles. The molecule has 1 aliphatic heterocycles.